The fourth-order valence-electron chi connectivity index (χ4n) is 4.54. The third-order valence-electron chi connectivity index (χ3n) is 6.15. The van der Waals surface area contributed by atoms with Crippen molar-refractivity contribution in [2.45, 2.75) is 79.1 Å². The van der Waals surface area contributed by atoms with Crippen LogP contribution in [-0.2, 0) is 18.9 Å². The summed E-state index contributed by atoms with van der Waals surface area (Å²) in [7, 11) is 0. The van der Waals surface area contributed by atoms with Crippen LogP contribution in [0.5, 0.6) is 0 Å². The topological polar surface area (TPSA) is 36.9 Å². The van der Waals surface area contributed by atoms with Crippen molar-refractivity contribution in [3.8, 4) is 0 Å². The van der Waals surface area contributed by atoms with Gasteiger partial charge in [0, 0.05) is 52.9 Å². The van der Waals surface area contributed by atoms with Crippen LogP contribution in [0.15, 0.2) is 0 Å². The Bertz CT molecular complexity index is 307. The van der Waals surface area contributed by atoms with Gasteiger partial charge in [-0.25, -0.2) is 0 Å². The van der Waals surface area contributed by atoms with Gasteiger partial charge in [0.05, 0.1) is 0 Å². The van der Waals surface area contributed by atoms with Gasteiger partial charge in [0.25, 0.3) is 0 Å². The van der Waals surface area contributed by atoms with Gasteiger partial charge in [-0.05, 0) is 83.5 Å². The fraction of sp³-hybridized carbons (Fsp3) is 1.00. The summed E-state index contributed by atoms with van der Waals surface area (Å²) in [6.07, 6.45) is 10.8. The number of hydrogen-bond acceptors (Lipinski definition) is 4. The minimum absolute atomic E-state index is 0.746. The van der Waals surface area contributed by atoms with Gasteiger partial charge in [0.15, 0.2) is 0 Å². The average molecular weight is 401 g/mol. The molecule has 0 aromatic heterocycles. The number of hydrogen-bond donors (Lipinski definition) is 0. The van der Waals surface area contributed by atoms with E-state index < -0.39 is 0 Å². The molecular weight excluding hydrogens is 352 g/mol. The predicted octanol–water partition coefficient (Wildman–Crippen LogP) is 5.73. The van der Waals surface area contributed by atoms with Crippen LogP contribution in [0.1, 0.15) is 79.1 Å². The average Bonchev–Trinajstić information content (AvgIpc) is 2.74. The zero-order chi connectivity index (χ0) is 20.5. The molecule has 0 saturated heterocycles. The molecule has 4 nitrogen and oxygen atoms in total. The molecule has 2 saturated carbocycles. The van der Waals surface area contributed by atoms with Crippen LogP contribution in [-0.4, -0.2) is 52.9 Å². The summed E-state index contributed by atoms with van der Waals surface area (Å²) in [6.45, 7) is 15.5. The van der Waals surface area contributed by atoms with Crippen molar-refractivity contribution >= 4 is 0 Å². The molecule has 0 aliphatic heterocycles. The molecule has 4 heteroatoms. The highest BCUT2D eigenvalue weighted by atomic mass is 16.5. The molecule has 2 aliphatic carbocycles. The highest BCUT2D eigenvalue weighted by Crippen LogP contribution is 2.30. The molecule has 0 aromatic rings. The molecule has 0 heterocycles. The number of rotatable bonds is 12. The van der Waals surface area contributed by atoms with Gasteiger partial charge in [0.2, 0.25) is 0 Å². The third-order valence-corrected chi connectivity index (χ3v) is 6.15. The zero-order valence-electron chi connectivity index (χ0n) is 19.3. The molecule has 2 aliphatic rings. The van der Waals surface area contributed by atoms with Gasteiger partial charge in [-0.1, -0.05) is 19.3 Å². The minimum atomic E-state index is 0.746. The van der Waals surface area contributed by atoms with Crippen molar-refractivity contribution in [3.63, 3.8) is 0 Å². The Labute approximate surface area is 175 Å². The predicted molar refractivity (Wildman–Crippen MR) is 117 cm³/mol. The smallest absolute Gasteiger partial charge is 0.0497 e. The second-order valence-corrected chi connectivity index (χ2v) is 8.34. The first-order chi connectivity index (χ1) is 13.7. The largest absolute Gasteiger partial charge is 0.381 e. The Morgan fingerprint density at radius 2 is 0.893 bits per heavy atom. The first-order valence-corrected chi connectivity index (χ1v) is 12.1. The summed E-state index contributed by atoms with van der Waals surface area (Å²) < 4.78 is 22.0. The van der Waals surface area contributed by atoms with Crippen molar-refractivity contribution < 1.29 is 18.9 Å². The first kappa shape index (κ1) is 25.9. The molecule has 0 N–H and O–H groups in total. The van der Waals surface area contributed by atoms with Crippen molar-refractivity contribution in [2.24, 2.45) is 23.7 Å². The van der Waals surface area contributed by atoms with Gasteiger partial charge >= 0.3 is 0 Å². The van der Waals surface area contributed by atoms with Crippen LogP contribution >= 0.6 is 0 Å². The van der Waals surface area contributed by atoms with Crippen molar-refractivity contribution in [3.05, 3.63) is 0 Å². The van der Waals surface area contributed by atoms with Crippen LogP contribution in [0.3, 0.4) is 0 Å². The van der Waals surface area contributed by atoms with Crippen molar-refractivity contribution in [1.82, 2.24) is 0 Å². The van der Waals surface area contributed by atoms with Gasteiger partial charge in [-0.15, -0.1) is 0 Å². The van der Waals surface area contributed by atoms with Crippen LogP contribution < -0.4 is 0 Å². The van der Waals surface area contributed by atoms with E-state index in [0.29, 0.717) is 0 Å². The minimum Gasteiger partial charge on any atom is -0.381 e. The second-order valence-electron chi connectivity index (χ2n) is 8.34. The molecule has 0 radical (unpaired) electrons. The lowest BCUT2D eigenvalue weighted by molar-refractivity contribution is 0.0206. The third kappa shape index (κ3) is 11.7. The lowest BCUT2D eigenvalue weighted by Crippen LogP contribution is -2.27. The zero-order valence-corrected chi connectivity index (χ0v) is 19.3. The molecule has 0 spiro atoms. The van der Waals surface area contributed by atoms with Gasteiger partial charge < -0.3 is 18.9 Å². The summed E-state index contributed by atoms with van der Waals surface area (Å²) in [4.78, 5) is 0. The molecular formula is C24H48O4. The second kappa shape index (κ2) is 17.7. The quantitative estimate of drug-likeness (QED) is 0.419. The Morgan fingerprint density at radius 1 is 0.500 bits per heavy atom. The summed E-state index contributed by atoms with van der Waals surface area (Å²) in [6, 6.07) is 0. The van der Waals surface area contributed by atoms with Crippen molar-refractivity contribution in [2.75, 3.05) is 52.9 Å². The highest BCUT2D eigenvalue weighted by molar-refractivity contribution is 4.75. The Kier molecular flexibility index (Phi) is 16.3. The van der Waals surface area contributed by atoms with E-state index in [1.807, 2.05) is 0 Å². The Morgan fingerprint density at radius 3 is 1.29 bits per heavy atom. The van der Waals surface area contributed by atoms with E-state index in [9.17, 15) is 0 Å². The van der Waals surface area contributed by atoms with E-state index in [1.165, 1.54) is 51.4 Å². The molecule has 28 heavy (non-hydrogen) atoms. The molecule has 4 atom stereocenters. The molecule has 2 rings (SSSR count). The number of ether oxygens (including phenoxy) is 4. The molecule has 0 unspecified atom stereocenters. The molecule has 168 valence electrons. The fourth-order valence-corrected chi connectivity index (χ4v) is 4.54. The lowest BCUT2D eigenvalue weighted by atomic mass is 9.80. The monoisotopic (exact) mass is 400 g/mol. The molecule has 0 amide bonds. The van der Waals surface area contributed by atoms with E-state index in [1.54, 1.807) is 0 Å². The van der Waals surface area contributed by atoms with Gasteiger partial charge in [-0.2, -0.15) is 0 Å². The maximum Gasteiger partial charge on any atom is 0.0497 e. The van der Waals surface area contributed by atoms with E-state index in [4.69, 9.17) is 18.9 Å². The van der Waals surface area contributed by atoms with Crippen LogP contribution in [0.4, 0.5) is 0 Å². The first-order valence-electron chi connectivity index (χ1n) is 12.1. The summed E-state index contributed by atoms with van der Waals surface area (Å²) in [5, 5.41) is 0. The maximum absolute atomic E-state index is 5.53. The van der Waals surface area contributed by atoms with Gasteiger partial charge in [0.1, 0.15) is 0 Å². The van der Waals surface area contributed by atoms with E-state index in [2.05, 4.69) is 27.7 Å². The lowest BCUT2D eigenvalue weighted by Gasteiger charge is -2.31. The van der Waals surface area contributed by atoms with Crippen molar-refractivity contribution in [1.29, 1.82) is 0 Å². The standard InChI is InChI=1S/2C12H24O2/c1-3-13-9-11-6-5-7-12(8-11)10-14-4-2;1-3-13-9-11-7-5-6-8-12(11)10-14-4-2/h2*11-12H,3-10H2,1-2H3/t2*11-,12+. The van der Waals surface area contributed by atoms with Gasteiger partial charge in [-0.3, -0.25) is 0 Å². The van der Waals surface area contributed by atoms with Crippen LogP contribution in [0.2, 0.25) is 0 Å². The Balaban J connectivity index is 0.000000280. The SMILES string of the molecule is CCOC[C@H]1CCCC[C@H]1COCC.CCOC[C@H]1CCC[C@@H](COCC)C1. The Hall–Kier alpha value is -0.160. The van der Waals surface area contributed by atoms with Crippen LogP contribution in [0, 0.1) is 23.7 Å². The molecule has 0 bridgehead atoms. The molecule has 2 fully saturated rings. The van der Waals surface area contributed by atoms with E-state index in [0.717, 1.165) is 76.5 Å². The van der Waals surface area contributed by atoms with E-state index >= 15 is 0 Å². The summed E-state index contributed by atoms with van der Waals surface area (Å²) in [5.41, 5.74) is 0. The summed E-state index contributed by atoms with van der Waals surface area (Å²) in [5.74, 6) is 3.06. The van der Waals surface area contributed by atoms with Crippen LogP contribution in [0.25, 0.3) is 0 Å². The maximum atomic E-state index is 5.53. The summed E-state index contributed by atoms with van der Waals surface area (Å²) >= 11 is 0. The van der Waals surface area contributed by atoms with E-state index in [-0.39, 0.29) is 0 Å². The highest BCUT2D eigenvalue weighted by Gasteiger charge is 2.25. The molecule has 0 aromatic carbocycles. The normalized spacial score (nSPS) is 27.9.